The smallest absolute Gasteiger partial charge is 0.244 e. The third-order valence-corrected chi connectivity index (χ3v) is 4.70. The van der Waals surface area contributed by atoms with Crippen LogP contribution in [0.15, 0.2) is 30.9 Å². The number of carbonyl (C=O) groups excluding carboxylic acids is 1. The number of anilines is 1. The van der Waals surface area contributed by atoms with Crippen molar-refractivity contribution in [2.45, 2.75) is 32.2 Å². The van der Waals surface area contributed by atoms with E-state index in [1.54, 1.807) is 10.9 Å². The van der Waals surface area contributed by atoms with Crippen LogP contribution >= 0.6 is 0 Å². The van der Waals surface area contributed by atoms with Gasteiger partial charge in [0.2, 0.25) is 5.91 Å². The number of nitrogens with zero attached hydrogens (tertiary/aromatic N) is 6. The van der Waals surface area contributed by atoms with Crippen LogP contribution in [0.5, 0.6) is 0 Å². The number of rotatable bonds is 5. The Kier molecular flexibility index (Phi) is 5.63. The zero-order chi connectivity index (χ0) is 17.6. The summed E-state index contributed by atoms with van der Waals surface area (Å²) in [6.45, 7) is 1.98. The summed E-state index contributed by atoms with van der Waals surface area (Å²) >= 11 is 0. The molecule has 0 N–H and O–H groups in total. The summed E-state index contributed by atoms with van der Waals surface area (Å²) in [5.74, 6) is 1.58. The van der Waals surface area contributed by atoms with Crippen molar-refractivity contribution in [1.29, 1.82) is 0 Å². The maximum absolute atomic E-state index is 12.4. The van der Waals surface area contributed by atoms with Crippen molar-refractivity contribution in [3.8, 4) is 0 Å². The number of hydrogen-bond acceptors (Lipinski definition) is 5. The number of amides is 1. The lowest BCUT2D eigenvalue weighted by molar-refractivity contribution is -0.132. The number of carbonyl (C=O) groups is 1. The van der Waals surface area contributed by atoms with E-state index in [0.717, 1.165) is 50.3 Å². The summed E-state index contributed by atoms with van der Waals surface area (Å²) in [5, 5.41) is 4.12. The van der Waals surface area contributed by atoms with Crippen LogP contribution in [0.1, 0.15) is 25.0 Å². The zero-order valence-corrected chi connectivity index (χ0v) is 15.0. The van der Waals surface area contributed by atoms with E-state index >= 15 is 0 Å². The fraction of sp³-hybridized carbons (Fsp3) is 0.556. The van der Waals surface area contributed by atoms with Gasteiger partial charge in [-0.1, -0.05) is 0 Å². The van der Waals surface area contributed by atoms with Gasteiger partial charge < -0.3 is 9.80 Å². The SMILES string of the molecule is CN(C)c1cnc(C[C@@H]2CCCN(C(=O)Cn3cccn3)CC2)cn1. The average Bonchev–Trinajstić information content (AvgIpc) is 2.99. The highest BCUT2D eigenvalue weighted by atomic mass is 16.2. The quantitative estimate of drug-likeness (QED) is 0.826. The third-order valence-electron chi connectivity index (χ3n) is 4.70. The van der Waals surface area contributed by atoms with Gasteiger partial charge in [-0.15, -0.1) is 0 Å². The lowest BCUT2D eigenvalue weighted by atomic mass is 9.95. The first kappa shape index (κ1) is 17.4. The normalized spacial score (nSPS) is 18.0. The fourth-order valence-corrected chi connectivity index (χ4v) is 3.23. The molecular formula is C18H26N6O. The molecule has 1 amide bonds. The highest BCUT2D eigenvalue weighted by molar-refractivity contribution is 5.75. The predicted octanol–water partition coefficient (Wildman–Crippen LogP) is 1.61. The monoisotopic (exact) mass is 342 g/mol. The van der Waals surface area contributed by atoms with Gasteiger partial charge in [0.05, 0.1) is 18.1 Å². The summed E-state index contributed by atoms with van der Waals surface area (Å²) < 4.78 is 1.69. The van der Waals surface area contributed by atoms with E-state index in [1.807, 2.05) is 48.6 Å². The van der Waals surface area contributed by atoms with Gasteiger partial charge in [0.1, 0.15) is 12.4 Å². The molecule has 0 aromatic carbocycles. The lowest BCUT2D eigenvalue weighted by Crippen LogP contribution is -2.34. The maximum atomic E-state index is 12.4. The van der Waals surface area contributed by atoms with E-state index in [0.29, 0.717) is 12.5 Å². The molecule has 1 aliphatic rings. The molecule has 0 aliphatic carbocycles. The van der Waals surface area contributed by atoms with Crippen LogP contribution in [0.25, 0.3) is 0 Å². The van der Waals surface area contributed by atoms with E-state index in [2.05, 4.69) is 15.1 Å². The van der Waals surface area contributed by atoms with E-state index in [9.17, 15) is 4.79 Å². The minimum atomic E-state index is 0.152. The number of hydrogen-bond donors (Lipinski definition) is 0. The molecule has 1 fully saturated rings. The van der Waals surface area contributed by atoms with E-state index in [-0.39, 0.29) is 5.91 Å². The van der Waals surface area contributed by atoms with Gasteiger partial charge in [0.15, 0.2) is 0 Å². The van der Waals surface area contributed by atoms with Crippen molar-refractivity contribution in [2.24, 2.45) is 5.92 Å². The molecule has 3 heterocycles. The largest absolute Gasteiger partial charge is 0.361 e. The fourth-order valence-electron chi connectivity index (χ4n) is 3.23. The Bertz CT molecular complexity index is 667. The molecule has 0 radical (unpaired) electrons. The summed E-state index contributed by atoms with van der Waals surface area (Å²) in [6.07, 6.45) is 11.3. The molecule has 1 saturated heterocycles. The van der Waals surface area contributed by atoms with Crippen LogP contribution in [0.3, 0.4) is 0 Å². The topological polar surface area (TPSA) is 67.2 Å². The molecule has 7 heteroatoms. The lowest BCUT2D eigenvalue weighted by Gasteiger charge is -2.20. The first-order valence-corrected chi connectivity index (χ1v) is 8.85. The molecular weight excluding hydrogens is 316 g/mol. The van der Waals surface area contributed by atoms with Crippen molar-refractivity contribution in [1.82, 2.24) is 24.6 Å². The molecule has 0 saturated carbocycles. The number of aromatic nitrogens is 4. The molecule has 1 aliphatic heterocycles. The Morgan fingerprint density at radius 1 is 1.24 bits per heavy atom. The minimum absolute atomic E-state index is 0.152. The second-order valence-corrected chi connectivity index (χ2v) is 6.85. The molecule has 2 aromatic rings. The molecule has 0 unspecified atom stereocenters. The molecule has 25 heavy (non-hydrogen) atoms. The molecule has 1 atom stereocenters. The third kappa shape index (κ3) is 4.78. The Hall–Kier alpha value is -2.44. The van der Waals surface area contributed by atoms with Crippen LogP contribution in [0, 0.1) is 5.92 Å². The van der Waals surface area contributed by atoms with E-state index in [4.69, 9.17) is 0 Å². The second-order valence-electron chi connectivity index (χ2n) is 6.85. The van der Waals surface area contributed by atoms with Crippen molar-refractivity contribution in [3.63, 3.8) is 0 Å². The van der Waals surface area contributed by atoms with Crippen molar-refractivity contribution < 1.29 is 4.79 Å². The van der Waals surface area contributed by atoms with E-state index < -0.39 is 0 Å². The molecule has 134 valence electrons. The second kappa shape index (κ2) is 8.09. The maximum Gasteiger partial charge on any atom is 0.244 e. The first-order chi connectivity index (χ1) is 12.1. The van der Waals surface area contributed by atoms with Crippen LogP contribution in [0.2, 0.25) is 0 Å². The summed E-state index contributed by atoms with van der Waals surface area (Å²) in [7, 11) is 3.92. The van der Waals surface area contributed by atoms with Crippen LogP contribution in [-0.4, -0.2) is 57.7 Å². The molecule has 0 spiro atoms. The Balaban J connectivity index is 1.51. The Morgan fingerprint density at radius 3 is 2.80 bits per heavy atom. The zero-order valence-electron chi connectivity index (χ0n) is 15.0. The molecule has 7 nitrogen and oxygen atoms in total. The summed E-state index contributed by atoms with van der Waals surface area (Å²) in [4.78, 5) is 25.3. The van der Waals surface area contributed by atoms with Crippen molar-refractivity contribution in [2.75, 3.05) is 32.1 Å². The average molecular weight is 342 g/mol. The highest BCUT2D eigenvalue weighted by Crippen LogP contribution is 2.21. The van der Waals surface area contributed by atoms with Gasteiger partial charge in [0, 0.05) is 39.6 Å². The van der Waals surface area contributed by atoms with Gasteiger partial charge in [-0.25, -0.2) is 4.98 Å². The van der Waals surface area contributed by atoms with Crippen LogP contribution in [-0.2, 0) is 17.8 Å². The van der Waals surface area contributed by atoms with Gasteiger partial charge in [-0.2, -0.15) is 5.10 Å². The summed E-state index contributed by atoms with van der Waals surface area (Å²) in [6, 6.07) is 1.84. The molecule has 3 rings (SSSR count). The van der Waals surface area contributed by atoms with Gasteiger partial charge in [0.25, 0.3) is 0 Å². The summed E-state index contributed by atoms with van der Waals surface area (Å²) in [5.41, 5.74) is 1.03. The van der Waals surface area contributed by atoms with Crippen molar-refractivity contribution >= 4 is 11.7 Å². The first-order valence-electron chi connectivity index (χ1n) is 8.85. The predicted molar refractivity (Wildman–Crippen MR) is 96.2 cm³/mol. The Morgan fingerprint density at radius 2 is 2.12 bits per heavy atom. The molecule has 2 aromatic heterocycles. The molecule has 0 bridgehead atoms. The van der Waals surface area contributed by atoms with Gasteiger partial charge >= 0.3 is 0 Å². The van der Waals surface area contributed by atoms with Gasteiger partial charge in [-0.05, 0) is 37.7 Å². The standard InChI is InChI=1S/C18H26N6O/c1-22(2)17-13-19-16(12-20-17)11-15-5-3-8-23(10-6-15)18(25)14-24-9-4-7-21-24/h4,7,9,12-13,15H,3,5-6,8,10-11,14H2,1-2H3/t15-/m1/s1. The van der Waals surface area contributed by atoms with Crippen molar-refractivity contribution in [3.05, 3.63) is 36.5 Å². The van der Waals surface area contributed by atoms with Crippen LogP contribution < -0.4 is 4.90 Å². The minimum Gasteiger partial charge on any atom is -0.361 e. The van der Waals surface area contributed by atoms with Crippen LogP contribution in [0.4, 0.5) is 5.82 Å². The van der Waals surface area contributed by atoms with E-state index in [1.165, 1.54) is 0 Å². The Labute approximate surface area is 148 Å². The number of likely N-dealkylation sites (tertiary alicyclic amines) is 1. The highest BCUT2D eigenvalue weighted by Gasteiger charge is 2.21. The van der Waals surface area contributed by atoms with Gasteiger partial charge in [-0.3, -0.25) is 14.5 Å².